The van der Waals surface area contributed by atoms with E-state index in [9.17, 15) is 0 Å². The van der Waals surface area contributed by atoms with Gasteiger partial charge in [0.25, 0.3) is 0 Å². The number of fused-ring (bicyclic) bond motifs is 8. The molecule has 0 saturated heterocycles. The second-order valence-corrected chi connectivity index (χ2v) is 10.8. The Bertz CT molecular complexity index is 2290. The number of nitrogens with zero attached hydrogens (tertiary/aromatic N) is 6. The van der Waals surface area contributed by atoms with Gasteiger partial charge < -0.3 is 0 Å². The zero-order chi connectivity index (χ0) is 29.0. The quantitative estimate of drug-likeness (QED) is 0.214. The van der Waals surface area contributed by atoms with Gasteiger partial charge >= 0.3 is 0 Å². The Morgan fingerprint density at radius 3 is 1.75 bits per heavy atom. The average molecular weight is 565 g/mol. The summed E-state index contributed by atoms with van der Waals surface area (Å²) in [4.78, 5) is 22.6. The van der Waals surface area contributed by atoms with Crippen LogP contribution in [0.15, 0.2) is 146 Å². The fourth-order valence-electron chi connectivity index (χ4n) is 6.13. The number of imidazole rings is 1. The Hall–Kier alpha value is -6.14. The summed E-state index contributed by atoms with van der Waals surface area (Å²) >= 11 is 0. The van der Waals surface area contributed by atoms with Gasteiger partial charge in [-0.3, -0.25) is 4.57 Å². The van der Waals surface area contributed by atoms with Gasteiger partial charge in [-0.25, -0.2) is 14.9 Å². The van der Waals surface area contributed by atoms with Gasteiger partial charge in [-0.1, -0.05) is 115 Å². The van der Waals surface area contributed by atoms with E-state index >= 15 is 0 Å². The normalized spacial score (nSPS) is 12.0. The van der Waals surface area contributed by atoms with Crippen LogP contribution in [-0.2, 0) is 0 Å². The molecule has 0 amide bonds. The van der Waals surface area contributed by atoms with Crippen molar-refractivity contribution in [2.75, 3.05) is 4.90 Å². The lowest BCUT2D eigenvalue weighted by atomic mass is 9.97. The zero-order valence-corrected chi connectivity index (χ0v) is 23.5. The molecule has 206 valence electrons. The molecule has 0 bridgehead atoms. The molecule has 0 atom stereocenters. The molecule has 1 aliphatic heterocycles. The summed E-state index contributed by atoms with van der Waals surface area (Å²) in [5.74, 6) is 2.41. The number of hydrogen-bond acceptors (Lipinski definition) is 5. The first-order valence-corrected chi connectivity index (χ1v) is 14.6. The lowest BCUT2D eigenvalue weighted by Crippen LogP contribution is -2.18. The number of rotatable bonds is 3. The first kappa shape index (κ1) is 24.5. The molecule has 2 aromatic heterocycles. The molecule has 8 aromatic rings. The Labute approximate surface area is 253 Å². The van der Waals surface area contributed by atoms with Crippen LogP contribution >= 0.6 is 0 Å². The van der Waals surface area contributed by atoms with Crippen LogP contribution in [-0.4, -0.2) is 24.5 Å². The van der Waals surface area contributed by atoms with Gasteiger partial charge in [-0.2, -0.15) is 9.97 Å². The second-order valence-electron chi connectivity index (χ2n) is 10.8. The van der Waals surface area contributed by atoms with Gasteiger partial charge in [0.2, 0.25) is 11.9 Å². The summed E-state index contributed by atoms with van der Waals surface area (Å²) < 4.78 is 2.23. The van der Waals surface area contributed by atoms with Crippen LogP contribution in [0, 0.1) is 0 Å². The van der Waals surface area contributed by atoms with E-state index in [0.717, 1.165) is 61.4 Å². The molecule has 0 N–H and O–H groups in total. The monoisotopic (exact) mass is 564 g/mol. The Balaban J connectivity index is 1.42. The third-order valence-electron chi connectivity index (χ3n) is 8.17. The van der Waals surface area contributed by atoms with Crippen LogP contribution in [0.5, 0.6) is 0 Å². The summed E-state index contributed by atoms with van der Waals surface area (Å²) in [7, 11) is 0. The van der Waals surface area contributed by atoms with Gasteiger partial charge in [-0.15, -0.1) is 0 Å². The van der Waals surface area contributed by atoms with Gasteiger partial charge in [-0.05, 0) is 41.1 Å². The molecule has 0 saturated carbocycles. The minimum Gasteiger partial charge on any atom is -0.277 e. The highest BCUT2D eigenvalue weighted by Gasteiger charge is 2.31. The standard InChI is InChI=1S/C38H24N6/c1-3-13-25(14-4-1)35-40-36(26-15-5-2-6-16-26)42-37(41-35)44-34-24-28-18-8-7-17-27(28)23-30(34)29-19-9-11-21-32(29)43-33-22-12-10-20-31(33)39-38(43)44/h1-24H. The minimum atomic E-state index is 0.499. The van der Waals surface area contributed by atoms with E-state index in [2.05, 4.69) is 88.3 Å². The summed E-state index contributed by atoms with van der Waals surface area (Å²) in [6, 6.07) is 49.9. The number of anilines is 3. The van der Waals surface area contributed by atoms with Gasteiger partial charge in [0, 0.05) is 22.3 Å². The fourth-order valence-corrected chi connectivity index (χ4v) is 6.13. The van der Waals surface area contributed by atoms with Crippen molar-refractivity contribution in [2.45, 2.75) is 0 Å². The van der Waals surface area contributed by atoms with Crippen LogP contribution in [0.2, 0.25) is 0 Å². The highest BCUT2D eigenvalue weighted by Crippen LogP contribution is 2.48. The molecule has 0 spiro atoms. The van der Waals surface area contributed by atoms with Crippen molar-refractivity contribution in [3.05, 3.63) is 146 Å². The van der Waals surface area contributed by atoms with Crippen molar-refractivity contribution in [1.82, 2.24) is 24.5 Å². The fraction of sp³-hybridized carbons (Fsp3) is 0. The van der Waals surface area contributed by atoms with Crippen LogP contribution in [0.4, 0.5) is 17.6 Å². The molecule has 6 aromatic carbocycles. The summed E-state index contributed by atoms with van der Waals surface area (Å²) in [5.41, 5.74) is 7.94. The van der Waals surface area contributed by atoms with Crippen LogP contribution in [0.3, 0.4) is 0 Å². The molecule has 44 heavy (non-hydrogen) atoms. The van der Waals surface area contributed by atoms with Gasteiger partial charge in [0.15, 0.2) is 11.6 Å². The molecule has 0 fully saturated rings. The van der Waals surface area contributed by atoms with E-state index in [1.165, 1.54) is 0 Å². The molecular formula is C38H24N6. The van der Waals surface area contributed by atoms with E-state index in [4.69, 9.17) is 19.9 Å². The van der Waals surface area contributed by atoms with Gasteiger partial charge in [0.05, 0.1) is 22.4 Å². The van der Waals surface area contributed by atoms with Crippen molar-refractivity contribution in [1.29, 1.82) is 0 Å². The van der Waals surface area contributed by atoms with Crippen LogP contribution < -0.4 is 4.90 Å². The number of para-hydroxylation sites is 3. The van der Waals surface area contributed by atoms with E-state index in [1.54, 1.807) is 0 Å². The zero-order valence-electron chi connectivity index (χ0n) is 23.5. The molecule has 0 radical (unpaired) electrons. The maximum absolute atomic E-state index is 5.24. The van der Waals surface area contributed by atoms with Crippen LogP contribution in [0.25, 0.3) is 61.4 Å². The Morgan fingerprint density at radius 1 is 0.432 bits per heavy atom. The molecule has 0 aliphatic carbocycles. The lowest BCUT2D eigenvalue weighted by Gasteiger charge is -2.23. The smallest absolute Gasteiger partial charge is 0.241 e. The average Bonchev–Trinajstić information content (AvgIpc) is 3.42. The van der Waals surface area contributed by atoms with Crippen LogP contribution in [0.1, 0.15) is 0 Å². The minimum absolute atomic E-state index is 0.499. The second kappa shape index (κ2) is 9.71. The van der Waals surface area contributed by atoms with E-state index in [1.807, 2.05) is 66.7 Å². The summed E-state index contributed by atoms with van der Waals surface area (Å²) in [5, 5.41) is 2.29. The molecule has 1 aliphatic rings. The summed E-state index contributed by atoms with van der Waals surface area (Å²) in [6.07, 6.45) is 0. The van der Waals surface area contributed by atoms with Crippen molar-refractivity contribution in [2.24, 2.45) is 0 Å². The van der Waals surface area contributed by atoms with Crippen molar-refractivity contribution < 1.29 is 0 Å². The number of aromatic nitrogens is 5. The Morgan fingerprint density at radius 2 is 1.02 bits per heavy atom. The molecule has 3 heterocycles. The number of benzene rings is 6. The molecule has 0 unspecified atom stereocenters. The Kier molecular flexibility index (Phi) is 5.40. The first-order valence-electron chi connectivity index (χ1n) is 14.6. The topological polar surface area (TPSA) is 59.7 Å². The van der Waals surface area contributed by atoms with Crippen molar-refractivity contribution >= 4 is 39.4 Å². The maximum Gasteiger partial charge on any atom is 0.241 e. The highest BCUT2D eigenvalue weighted by molar-refractivity contribution is 6.01. The highest BCUT2D eigenvalue weighted by atomic mass is 15.4. The van der Waals surface area contributed by atoms with E-state index in [0.29, 0.717) is 17.6 Å². The maximum atomic E-state index is 5.24. The lowest BCUT2D eigenvalue weighted by molar-refractivity contribution is 0.974. The predicted molar refractivity (Wildman–Crippen MR) is 177 cm³/mol. The summed E-state index contributed by atoms with van der Waals surface area (Å²) in [6.45, 7) is 0. The third kappa shape index (κ3) is 3.82. The van der Waals surface area contributed by atoms with Crippen molar-refractivity contribution in [3.8, 4) is 39.6 Å². The molecule has 9 rings (SSSR count). The SMILES string of the molecule is c1ccc(-c2nc(-c3ccccc3)nc(N3c4cc5ccccc5cc4-c4ccccc4-n4c3nc3ccccc34)n2)cc1. The molecule has 6 heteroatoms. The van der Waals surface area contributed by atoms with Gasteiger partial charge in [0.1, 0.15) is 0 Å². The third-order valence-corrected chi connectivity index (χ3v) is 8.17. The molecular weight excluding hydrogens is 540 g/mol. The number of hydrogen-bond donors (Lipinski definition) is 0. The van der Waals surface area contributed by atoms with Crippen molar-refractivity contribution in [3.63, 3.8) is 0 Å². The molecule has 6 nitrogen and oxygen atoms in total. The van der Waals surface area contributed by atoms with E-state index in [-0.39, 0.29) is 0 Å². The first-order chi connectivity index (χ1) is 21.8. The van der Waals surface area contributed by atoms with E-state index < -0.39 is 0 Å². The predicted octanol–water partition coefficient (Wildman–Crippen LogP) is 9.15. The largest absolute Gasteiger partial charge is 0.277 e.